The average Bonchev–Trinajstić information content (AvgIpc) is 2.41. The van der Waals surface area contributed by atoms with E-state index in [1.54, 1.807) is 6.07 Å². The van der Waals surface area contributed by atoms with Gasteiger partial charge in [-0.15, -0.1) is 0 Å². The monoisotopic (exact) mass is 303 g/mol. The van der Waals surface area contributed by atoms with Gasteiger partial charge in [-0.05, 0) is 18.6 Å². The molecule has 1 saturated heterocycles. The van der Waals surface area contributed by atoms with Crippen LogP contribution in [0.5, 0.6) is 0 Å². The molecular weight excluding hydrogens is 289 g/mol. The first-order chi connectivity index (χ1) is 9.00. The smallest absolute Gasteiger partial charge is 0.334 e. The second-order valence-corrected chi connectivity index (χ2v) is 5.30. The average molecular weight is 304 g/mol. The van der Waals surface area contributed by atoms with Crippen LogP contribution in [0.25, 0.3) is 0 Å². The van der Waals surface area contributed by atoms with Gasteiger partial charge in [-0.1, -0.05) is 35.3 Å². The third-order valence-corrected chi connectivity index (χ3v) is 4.19. The first-order valence-electron chi connectivity index (χ1n) is 6.03. The van der Waals surface area contributed by atoms with Gasteiger partial charge in [0.15, 0.2) is 6.10 Å². The molecule has 1 aromatic carbocycles. The number of benzene rings is 1. The van der Waals surface area contributed by atoms with Crippen molar-refractivity contribution in [1.29, 1.82) is 0 Å². The van der Waals surface area contributed by atoms with E-state index in [0.717, 1.165) is 5.56 Å². The van der Waals surface area contributed by atoms with Gasteiger partial charge in [0, 0.05) is 19.1 Å². The van der Waals surface area contributed by atoms with Gasteiger partial charge in [0.2, 0.25) is 0 Å². The van der Waals surface area contributed by atoms with Crippen LogP contribution >= 0.6 is 23.2 Å². The zero-order valence-corrected chi connectivity index (χ0v) is 12.0. The predicted octanol–water partition coefficient (Wildman–Crippen LogP) is 2.84. The van der Waals surface area contributed by atoms with Crippen LogP contribution in [0.3, 0.4) is 0 Å². The normalized spacial score (nSPS) is 22.2. The third kappa shape index (κ3) is 3.20. The Morgan fingerprint density at radius 1 is 1.53 bits per heavy atom. The fourth-order valence-corrected chi connectivity index (χ4v) is 2.68. The molecule has 2 rings (SSSR count). The molecule has 1 fully saturated rings. The van der Waals surface area contributed by atoms with Crippen LogP contribution in [0.1, 0.15) is 18.5 Å². The van der Waals surface area contributed by atoms with Crippen molar-refractivity contribution >= 4 is 29.2 Å². The highest BCUT2D eigenvalue weighted by Crippen LogP contribution is 2.33. The summed E-state index contributed by atoms with van der Waals surface area (Å²) in [5.41, 5.74) is 0.903. The van der Waals surface area contributed by atoms with E-state index in [1.165, 1.54) is 0 Å². The summed E-state index contributed by atoms with van der Waals surface area (Å²) in [7, 11) is 0. The van der Waals surface area contributed by atoms with Gasteiger partial charge >= 0.3 is 5.97 Å². The molecule has 0 amide bonds. The molecule has 0 spiro atoms. The van der Waals surface area contributed by atoms with Crippen molar-refractivity contribution in [3.05, 3.63) is 33.8 Å². The Balaban J connectivity index is 2.17. The minimum Gasteiger partial charge on any atom is -0.479 e. The SMILES string of the molecule is CC(c1cccc(Cl)c1Cl)N1CCOC(C(=O)O)C1. The maximum absolute atomic E-state index is 11.0. The van der Waals surface area contributed by atoms with Crippen molar-refractivity contribution in [3.63, 3.8) is 0 Å². The molecule has 6 heteroatoms. The summed E-state index contributed by atoms with van der Waals surface area (Å²) in [5, 5.41) is 10.0. The molecule has 0 aliphatic carbocycles. The Morgan fingerprint density at radius 2 is 2.26 bits per heavy atom. The molecule has 2 unspecified atom stereocenters. The van der Waals surface area contributed by atoms with E-state index in [-0.39, 0.29) is 6.04 Å². The van der Waals surface area contributed by atoms with Crippen LogP contribution < -0.4 is 0 Å². The zero-order chi connectivity index (χ0) is 14.0. The lowest BCUT2D eigenvalue weighted by atomic mass is 10.1. The quantitative estimate of drug-likeness (QED) is 0.933. The highest BCUT2D eigenvalue weighted by molar-refractivity contribution is 6.42. The number of hydrogen-bond acceptors (Lipinski definition) is 3. The van der Waals surface area contributed by atoms with E-state index in [1.807, 2.05) is 24.0 Å². The number of rotatable bonds is 3. The highest BCUT2D eigenvalue weighted by Gasteiger charge is 2.30. The summed E-state index contributed by atoms with van der Waals surface area (Å²) < 4.78 is 5.21. The molecule has 1 N–H and O–H groups in total. The lowest BCUT2D eigenvalue weighted by molar-refractivity contribution is -0.157. The summed E-state index contributed by atoms with van der Waals surface area (Å²) >= 11 is 12.2. The Hall–Kier alpha value is -0.810. The van der Waals surface area contributed by atoms with E-state index >= 15 is 0 Å². The van der Waals surface area contributed by atoms with E-state index in [2.05, 4.69) is 0 Å². The Bertz CT molecular complexity index is 481. The number of halogens is 2. The molecule has 1 heterocycles. The van der Waals surface area contributed by atoms with Crippen molar-refractivity contribution in [3.8, 4) is 0 Å². The van der Waals surface area contributed by atoms with Crippen LogP contribution in [0.15, 0.2) is 18.2 Å². The molecule has 2 atom stereocenters. The van der Waals surface area contributed by atoms with Crippen LogP contribution in [0.2, 0.25) is 10.0 Å². The second-order valence-electron chi connectivity index (χ2n) is 4.51. The third-order valence-electron chi connectivity index (χ3n) is 3.35. The summed E-state index contributed by atoms with van der Waals surface area (Å²) in [6.45, 7) is 3.41. The molecule has 0 radical (unpaired) electrons. The van der Waals surface area contributed by atoms with Gasteiger partial charge in [0.1, 0.15) is 0 Å². The fourth-order valence-electron chi connectivity index (χ4n) is 2.21. The van der Waals surface area contributed by atoms with Gasteiger partial charge < -0.3 is 9.84 Å². The molecule has 19 heavy (non-hydrogen) atoms. The molecule has 1 aliphatic rings. The topological polar surface area (TPSA) is 49.8 Å². The van der Waals surface area contributed by atoms with E-state index in [9.17, 15) is 4.79 Å². The molecule has 1 aromatic rings. The number of carboxylic acids is 1. The molecule has 1 aliphatic heterocycles. The largest absolute Gasteiger partial charge is 0.479 e. The first-order valence-corrected chi connectivity index (χ1v) is 6.78. The summed E-state index contributed by atoms with van der Waals surface area (Å²) in [6, 6.07) is 5.48. The highest BCUT2D eigenvalue weighted by atomic mass is 35.5. The fraction of sp³-hybridized carbons (Fsp3) is 0.462. The van der Waals surface area contributed by atoms with Crippen LogP contribution in [0, 0.1) is 0 Å². The van der Waals surface area contributed by atoms with Crippen molar-refractivity contribution < 1.29 is 14.6 Å². The maximum atomic E-state index is 11.0. The Morgan fingerprint density at radius 3 is 2.95 bits per heavy atom. The van der Waals surface area contributed by atoms with Crippen molar-refractivity contribution in [2.45, 2.75) is 19.1 Å². The minimum atomic E-state index is -0.936. The van der Waals surface area contributed by atoms with Crippen LogP contribution in [-0.2, 0) is 9.53 Å². The number of aliphatic carboxylic acids is 1. The number of hydrogen-bond donors (Lipinski definition) is 1. The van der Waals surface area contributed by atoms with Crippen molar-refractivity contribution in [1.82, 2.24) is 4.90 Å². The van der Waals surface area contributed by atoms with Gasteiger partial charge in [-0.2, -0.15) is 0 Å². The summed E-state index contributed by atoms with van der Waals surface area (Å²) in [6.07, 6.45) is -0.783. The number of carbonyl (C=O) groups is 1. The van der Waals surface area contributed by atoms with Gasteiger partial charge in [0.05, 0.1) is 16.7 Å². The van der Waals surface area contributed by atoms with E-state index in [4.69, 9.17) is 33.0 Å². The lowest BCUT2D eigenvalue weighted by Gasteiger charge is -2.35. The Kier molecular flexibility index (Phi) is 4.68. The molecule has 4 nitrogen and oxygen atoms in total. The number of ether oxygens (including phenoxy) is 1. The second kappa shape index (κ2) is 6.09. The van der Waals surface area contributed by atoms with E-state index in [0.29, 0.717) is 29.7 Å². The number of carboxylic acid groups (broad SMARTS) is 1. The Labute approximate surface area is 121 Å². The number of morpholine rings is 1. The maximum Gasteiger partial charge on any atom is 0.334 e. The zero-order valence-electron chi connectivity index (χ0n) is 10.5. The van der Waals surface area contributed by atoms with Gasteiger partial charge in [0.25, 0.3) is 0 Å². The molecular formula is C13H15Cl2NO3. The first kappa shape index (κ1) is 14.6. The summed E-state index contributed by atoms with van der Waals surface area (Å²) in [5.74, 6) is -0.936. The molecule has 0 bridgehead atoms. The molecule has 104 valence electrons. The molecule has 0 saturated carbocycles. The lowest BCUT2D eigenvalue weighted by Crippen LogP contribution is -2.46. The number of nitrogens with zero attached hydrogens (tertiary/aromatic N) is 1. The van der Waals surface area contributed by atoms with Crippen LogP contribution in [0.4, 0.5) is 0 Å². The summed E-state index contributed by atoms with van der Waals surface area (Å²) in [4.78, 5) is 13.0. The standard InChI is InChI=1S/C13H15Cl2NO3/c1-8(9-3-2-4-10(14)12(9)15)16-5-6-19-11(7-16)13(17)18/h2-4,8,11H,5-7H2,1H3,(H,17,18). The van der Waals surface area contributed by atoms with Crippen molar-refractivity contribution in [2.24, 2.45) is 0 Å². The predicted molar refractivity (Wildman–Crippen MR) is 73.8 cm³/mol. The van der Waals surface area contributed by atoms with Crippen molar-refractivity contribution in [2.75, 3.05) is 19.7 Å². The van der Waals surface area contributed by atoms with E-state index < -0.39 is 12.1 Å². The van der Waals surface area contributed by atoms with Gasteiger partial charge in [-0.25, -0.2) is 4.79 Å². The van der Waals surface area contributed by atoms with Crippen LogP contribution in [-0.4, -0.2) is 41.8 Å². The molecule has 0 aromatic heterocycles. The minimum absolute atomic E-state index is 0.00282. The van der Waals surface area contributed by atoms with Gasteiger partial charge in [-0.3, -0.25) is 4.90 Å².